The Labute approximate surface area is 146 Å². The highest BCUT2D eigenvalue weighted by atomic mass is 16.5. The summed E-state index contributed by atoms with van der Waals surface area (Å²) < 4.78 is 7.10. The van der Waals surface area contributed by atoms with Crippen molar-refractivity contribution in [2.24, 2.45) is 0 Å². The van der Waals surface area contributed by atoms with Gasteiger partial charge in [-0.05, 0) is 6.42 Å². The number of morpholine rings is 1. The van der Waals surface area contributed by atoms with Gasteiger partial charge in [0.05, 0.1) is 13.2 Å². The molecule has 2 fully saturated rings. The number of carbonyl (C=O) groups is 1. The standard InChI is InChI=1S/C16H23N7O2/c1-2-13-11-14(23-15(19-13)17-12-18-23)20-3-5-21(6-4-20)16(24)22-7-9-25-10-8-22/h11-12H,2-10H2,1H3. The van der Waals surface area contributed by atoms with Gasteiger partial charge in [-0.1, -0.05) is 6.92 Å². The van der Waals surface area contributed by atoms with E-state index in [-0.39, 0.29) is 6.03 Å². The molecule has 0 unspecified atom stereocenters. The second-order valence-corrected chi connectivity index (χ2v) is 6.29. The first-order valence-electron chi connectivity index (χ1n) is 8.82. The monoisotopic (exact) mass is 345 g/mol. The fourth-order valence-corrected chi connectivity index (χ4v) is 3.33. The average molecular weight is 345 g/mol. The molecule has 2 amide bonds. The number of aryl methyl sites for hydroxylation is 1. The summed E-state index contributed by atoms with van der Waals surface area (Å²) in [4.78, 5) is 27.4. The van der Waals surface area contributed by atoms with E-state index in [0.717, 1.165) is 31.0 Å². The van der Waals surface area contributed by atoms with Gasteiger partial charge in [-0.3, -0.25) is 0 Å². The smallest absolute Gasteiger partial charge is 0.320 e. The molecule has 2 aromatic rings. The molecule has 25 heavy (non-hydrogen) atoms. The maximum Gasteiger partial charge on any atom is 0.320 e. The van der Waals surface area contributed by atoms with E-state index in [1.807, 2.05) is 9.80 Å². The number of nitrogens with zero attached hydrogens (tertiary/aromatic N) is 7. The lowest BCUT2D eigenvalue weighted by atomic mass is 10.2. The Morgan fingerprint density at radius 3 is 2.56 bits per heavy atom. The van der Waals surface area contributed by atoms with Crippen molar-refractivity contribution in [3.63, 3.8) is 0 Å². The van der Waals surface area contributed by atoms with E-state index < -0.39 is 0 Å². The van der Waals surface area contributed by atoms with Gasteiger partial charge >= 0.3 is 6.03 Å². The molecular formula is C16H23N7O2. The van der Waals surface area contributed by atoms with Gasteiger partial charge in [0.15, 0.2) is 0 Å². The average Bonchev–Trinajstić information content (AvgIpc) is 3.16. The summed E-state index contributed by atoms with van der Waals surface area (Å²) in [6.07, 6.45) is 2.38. The van der Waals surface area contributed by atoms with Crippen LogP contribution in [0.2, 0.25) is 0 Å². The summed E-state index contributed by atoms with van der Waals surface area (Å²) in [5.41, 5.74) is 1.00. The van der Waals surface area contributed by atoms with Crippen LogP contribution in [0.25, 0.3) is 5.78 Å². The first-order valence-corrected chi connectivity index (χ1v) is 8.82. The number of aromatic nitrogens is 4. The largest absolute Gasteiger partial charge is 0.378 e. The van der Waals surface area contributed by atoms with E-state index in [1.165, 1.54) is 6.33 Å². The minimum atomic E-state index is 0.123. The number of amides is 2. The summed E-state index contributed by atoms with van der Waals surface area (Å²) in [5.74, 6) is 1.62. The summed E-state index contributed by atoms with van der Waals surface area (Å²) in [5, 5.41) is 4.30. The zero-order valence-electron chi connectivity index (χ0n) is 14.5. The number of ether oxygens (including phenoxy) is 1. The molecule has 0 aliphatic carbocycles. The highest BCUT2D eigenvalue weighted by Gasteiger charge is 2.27. The lowest BCUT2D eigenvalue weighted by molar-refractivity contribution is 0.0428. The van der Waals surface area contributed by atoms with Crippen molar-refractivity contribution in [2.45, 2.75) is 13.3 Å². The van der Waals surface area contributed by atoms with Crippen LogP contribution in [-0.4, -0.2) is 87.9 Å². The zero-order chi connectivity index (χ0) is 17.2. The van der Waals surface area contributed by atoms with Crippen LogP contribution in [0.4, 0.5) is 10.6 Å². The molecule has 2 aliphatic heterocycles. The molecule has 134 valence electrons. The van der Waals surface area contributed by atoms with Gasteiger partial charge in [-0.15, -0.1) is 0 Å². The van der Waals surface area contributed by atoms with Gasteiger partial charge < -0.3 is 19.4 Å². The van der Waals surface area contributed by atoms with Gasteiger partial charge in [0.2, 0.25) is 0 Å². The maximum atomic E-state index is 12.6. The fraction of sp³-hybridized carbons (Fsp3) is 0.625. The number of hydrogen-bond acceptors (Lipinski definition) is 6. The first kappa shape index (κ1) is 16.1. The molecule has 4 rings (SSSR count). The minimum absolute atomic E-state index is 0.123. The van der Waals surface area contributed by atoms with E-state index in [2.05, 4.69) is 33.0 Å². The van der Waals surface area contributed by atoms with E-state index in [4.69, 9.17) is 4.74 Å². The summed E-state index contributed by atoms with van der Waals surface area (Å²) in [7, 11) is 0. The summed E-state index contributed by atoms with van der Waals surface area (Å²) in [6.45, 7) is 7.67. The summed E-state index contributed by atoms with van der Waals surface area (Å²) >= 11 is 0. The Kier molecular flexibility index (Phi) is 4.39. The number of anilines is 1. The Bertz CT molecular complexity index is 748. The maximum absolute atomic E-state index is 12.6. The van der Waals surface area contributed by atoms with Crippen LogP contribution in [0, 0.1) is 0 Å². The molecule has 9 nitrogen and oxygen atoms in total. The van der Waals surface area contributed by atoms with Crippen molar-refractivity contribution in [3.8, 4) is 0 Å². The lowest BCUT2D eigenvalue weighted by Gasteiger charge is -2.39. The van der Waals surface area contributed by atoms with Gasteiger partial charge in [-0.25, -0.2) is 9.78 Å². The molecule has 2 aliphatic rings. The molecule has 4 heterocycles. The number of carbonyl (C=O) groups excluding carboxylic acids is 1. The molecule has 0 saturated carbocycles. The third-order valence-electron chi connectivity index (χ3n) is 4.80. The van der Waals surface area contributed by atoms with Crippen molar-refractivity contribution in [1.29, 1.82) is 0 Å². The molecule has 0 spiro atoms. The number of rotatable bonds is 2. The molecule has 2 saturated heterocycles. The zero-order valence-corrected chi connectivity index (χ0v) is 14.5. The Morgan fingerprint density at radius 2 is 1.84 bits per heavy atom. The van der Waals surface area contributed by atoms with Crippen molar-refractivity contribution in [2.75, 3.05) is 57.4 Å². The van der Waals surface area contributed by atoms with Crippen molar-refractivity contribution in [1.82, 2.24) is 29.4 Å². The van der Waals surface area contributed by atoms with E-state index in [0.29, 0.717) is 45.2 Å². The fourth-order valence-electron chi connectivity index (χ4n) is 3.33. The van der Waals surface area contributed by atoms with Crippen LogP contribution in [0.1, 0.15) is 12.6 Å². The van der Waals surface area contributed by atoms with E-state index in [9.17, 15) is 4.79 Å². The summed E-state index contributed by atoms with van der Waals surface area (Å²) in [6, 6.07) is 2.19. The van der Waals surface area contributed by atoms with Crippen LogP contribution >= 0.6 is 0 Å². The van der Waals surface area contributed by atoms with Gasteiger partial charge in [-0.2, -0.15) is 14.6 Å². The predicted molar refractivity (Wildman–Crippen MR) is 91.7 cm³/mol. The second kappa shape index (κ2) is 6.83. The van der Waals surface area contributed by atoms with Crippen LogP contribution < -0.4 is 4.90 Å². The first-order chi connectivity index (χ1) is 12.3. The number of piperazine rings is 1. The third-order valence-corrected chi connectivity index (χ3v) is 4.80. The number of urea groups is 1. The quantitative estimate of drug-likeness (QED) is 0.777. The molecule has 0 atom stereocenters. The molecule has 9 heteroatoms. The van der Waals surface area contributed by atoms with E-state index >= 15 is 0 Å². The SMILES string of the molecule is CCc1cc(N2CCN(C(=O)N3CCOCC3)CC2)n2ncnc2n1. The van der Waals surface area contributed by atoms with Crippen molar-refractivity contribution in [3.05, 3.63) is 18.1 Å². The Hall–Kier alpha value is -2.42. The molecule has 0 radical (unpaired) electrons. The minimum Gasteiger partial charge on any atom is -0.378 e. The van der Waals surface area contributed by atoms with Gasteiger partial charge in [0.1, 0.15) is 12.1 Å². The predicted octanol–water partition coefficient (Wildman–Crippen LogP) is 0.261. The third kappa shape index (κ3) is 3.11. The van der Waals surface area contributed by atoms with Crippen LogP contribution in [0.15, 0.2) is 12.4 Å². The van der Waals surface area contributed by atoms with Gasteiger partial charge in [0.25, 0.3) is 5.78 Å². The Morgan fingerprint density at radius 1 is 1.12 bits per heavy atom. The molecule has 0 bridgehead atoms. The Balaban J connectivity index is 1.47. The molecular weight excluding hydrogens is 322 g/mol. The van der Waals surface area contributed by atoms with Crippen molar-refractivity contribution >= 4 is 17.6 Å². The second-order valence-electron chi connectivity index (χ2n) is 6.29. The van der Waals surface area contributed by atoms with Crippen molar-refractivity contribution < 1.29 is 9.53 Å². The van der Waals surface area contributed by atoms with Crippen LogP contribution in [-0.2, 0) is 11.2 Å². The molecule has 0 aromatic carbocycles. The normalized spacial score (nSPS) is 18.8. The molecule has 2 aromatic heterocycles. The topological polar surface area (TPSA) is 79.1 Å². The van der Waals surface area contributed by atoms with Crippen LogP contribution in [0.5, 0.6) is 0 Å². The van der Waals surface area contributed by atoms with Crippen LogP contribution in [0.3, 0.4) is 0 Å². The highest BCUT2D eigenvalue weighted by Crippen LogP contribution is 2.19. The highest BCUT2D eigenvalue weighted by molar-refractivity contribution is 5.75. The lowest BCUT2D eigenvalue weighted by Crippen LogP contribution is -2.55. The van der Waals surface area contributed by atoms with E-state index in [1.54, 1.807) is 4.52 Å². The number of fused-ring (bicyclic) bond motifs is 1. The molecule has 0 N–H and O–H groups in total. The number of hydrogen-bond donors (Lipinski definition) is 0. The van der Waals surface area contributed by atoms with Gasteiger partial charge in [0, 0.05) is 51.0 Å².